The fourth-order valence-corrected chi connectivity index (χ4v) is 5.80. The van der Waals surface area contributed by atoms with Crippen molar-refractivity contribution in [3.8, 4) is 6.07 Å². The molecule has 2 aromatic heterocycles. The summed E-state index contributed by atoms with van der Waals surface area (Å²) < 4.78 is 45.7. The summed E-state index contributed by atoms with van der Waals surface area (Å²) in [4.78, 5) is 3.48. The van der Waals surface area contributed by atoms with Crippen LogP contribution in [-0.4, -0.2) is 20.8 Å². The van der Waals surface area contributed by atoms with Gasteiger partial charge in [-0.15, -0.1) is 0 Å². The Labute approximate surface area is 226 Å². The summed E-state index contributed by atoms with van der Waals surface area (Å²) in [6.45, 7) is 2.42. The lowest BCUT2D eigenvalue weighted by molar-refractivity contribution is -0.269. The first-order chi connectivity index (χ1) is 18.7. The van der Waals surface area contributed by atoms with Gasteiger partial charge in [0.25, 0.3) is 0 Å². The largest absolute Gasteiger partial charge is 0.421 e. The van der Waals surface area contributed by atoms with Gasteiger partial charge in [0.1, 0.15) is 0 Å². The lowest BCUT2D eigenvalue weighted by Crippen LogP contribution is -2.42. The molecule has 0 saturated heterocycles. The van der Waals surface area contributed by atoms with Crippen molar-refractivity contribution in [1.29, 1.82) is 5.26 Å². The molecule has 0 fully saturated rings. The van der Waals surface area contributed by atoms with E-state index in [1.807, 2.05) is 30.3 Å². The van der Waals surface area contributed by atoms with Crippen molar-refractivity contribution >= 4 is 17.0 Å². The third-order valence-electron chi connectivity index (χ3n) is 7.75. The Hall–Kier alpha value is -3.76. The van der Waals surface area contributed by atoms with E-state index in [9.17, 15) is 23.5 Å². The minimum Gasteiger partial charge on any atom is -0.376 e. The molecule has 4 nitrogen and oxygen atoms in total. The summed E-state index contributed by atoms with van der Waals surface area (Å²) in [7, 11) is 0. The fourth-order valence-electron chi connectivity index (χ4n) is 5.80. The van der Waals surface area contributed by atoms with E-state index in [4.69, 9.17) is 0 Å². The molecule has 2 aromatic carbocycles. The Kier molecular flexibility index (Phi) is 7.42. The number of alkyl halides is 3. The van der Waals surface area contributed by atoms with Gasteiger partial charge in [-0.2, -0.15) is 18.4 Å². The number of benzene rings is 2. The van der Waals surface area contributed by atoms with Crippen LogP contribution >= 0.6 is 0 Å². The molecule has 1 atom stereocenters. The van der Waals surface area contributed by atoms with Gasteiger partial charge in [-0.25, -0.2) is 0 Å². The molecule has 2 N–H and O–H groups in total. The molecule has 202 valence electrons. The van der Waals surface area contributed by atoms with Gasteiger partial charge in [0.05, 0.1) is 17.1 Å². The predicted octanol–water partition coefficient (Wildman–Crippen LogP) is 7.57. The Morgan fingerprint density at radius 2 is 1.90 bits per heavy atom. The van der Waals surface area contributed by atoms with E-state index in [2.05, 4.69) is 30.1 Å². The maximum Gasteiger partial charge on any atom is 0.421 e. The van der Waals surface area contributed by atoms with Gasteiger partial charge in [-0.1, -0.05) is 61.9 Å². The van der Waals surface area contributed by atoms with Crippen LogP contribution in [-0.2, 0) is 31.4 Å². The number of aryl methyl sites for hydroxylation is 2. The van der Waals surface area contributed by atoms with E-state index >= 15 is 0 Å². The average Bonchev–Trinajstić information content (AvgIpc) is 3.46. The third-order valence-corrected chi connectivity index (χ3v) is 7.75. The second kappa shape index (κ2) is 10.8. The summed E-state index contributed by atoms with van der Waals surface area (Å²) in [5.74, 6) is 0. The molecule has 5 rings (SSSR count). The molecule has 0 saturated carbocycles. The van der Waals surface area contributed by atoms with Crippen molar-refractivity contribution in [1.82, 2.24) is 9.55 Å². The third kappa shape index (κ3) is 5.14. The van der Waals surface area contributed by atoms with Gasteiger partial charge in [-0.3, -0.25) is 0 Å². The summed E-state index contributed by atoms with van der Waals surface area (Å²) in [6, 6.07) is 16.1. The zero-order chi connectivity index (χ0) is 27.6. The molecule has 0 spiro atoms. The number of hydrogen-bond donors (Lipinski definition) is 2. The number of nitriles is 1. The molecular weight excluding hydrogens is 499 g/mol. The van der Waals surface area contributed by atoms with E-state index in [0.29, 0.717) is 29.4 Å². The highest BCUT2D eigenvalue weighted by atomic mass is 19.4. The minimum atomic E-state index is -4.88. The molecule has 0 bridgehead atoms. The molecule has 1 aliphatic rings. The molecule has 0 amide bonds. The number of aliphatic hydroxyl groups is 1. The first-order valence-electron chi connectivity index (χ1n) is 13.5. The second-order valence-corrected chi connectivity index (χ2v) is 10.4. The van der Waals surface area contributed by atoms with Crippen LogP contribution in [0.15, 0.2) is 60.8 Å². The monoisotopic (exact) mass is 531 g/mol. The molecule has 1 unspecified atom stereocenters. The van der Waals surface area contributed by atoms with Crippen molar-refractivity contribution in [2.75, 3.05) is 0 Å². The molecular formula is C32H32F3N3O. The highest BCUT2D eigenvalue weighted by Gasteiger charge is 2.55. The van der Waals surface area contributed by atoms with E-state index in [0.717, 1.165) is 42.6 Å². The van der Waals surface area contributed by atoms with Crippen molar-refractivity contribution < 1.29 is 18.3 Å². The van der Waals surface area contributed by atoms with Crippen molar-refractivity contribution in [3.63, 3.8) is 0 Å². The summed E-state index contributed by atoms with van der Waals surface area (Å²) in [6.07, 6.45) is 4.58. The Bertz CT molecular complexity index is 1540. The topological polar surface area (TPSA) is 64.7 Å². The van der Waals surface area contributed by atoms with Gasteiger partial charge in [0.15, 0.2) is 5.60 Å². The van der Waals surface area contributed by atoms with Crippen LogP contribution in [0, 0.1) is 11.3 Å². The number of aromatic amines is 1. The Morgan fingerprint density at radius 1 is 1.10 bits per heavy atom. The fraction of sp³-hybridized carbons (Fsp3) is 0.344. The van der Waals surface area contributed by atoms with Crippen molar-refractivity contribution in [2.24, 2.45) is 0 Å². The molecule has 4 aromatic rings. The number of rotatable bonds is 9. The first-order valence-corrected chi connectivity index (χ1v) is 13.5. The Morgan fingerprint density at radius 3 is 2.62 bits per heavy atom. The summed E-state index contributed by atoms with van der Waals surface area (Å²) in [5.41, 5.74) is 3.04. The maximum atomic E-state index is 14.7. The molecule has 0 aliphatic heterocycles. The van der Waals surface area contributed by atoms with E-state index in [1.165, 1.54) is 29.5 Å². The van der Waals surface area contributed by atoms with Gasteiger partial charge >= 0.3 is 6.18 Å². The van der Waals surface area contributed by atoms with Crippen LogP contribution in [0.1, 0.15) is 71.8 Å². The smallest absolute Gasteiger partial charge is 0.376 e. The second-order valence-electron chi connectivity index (χ2n) is 10.4. The standard InChI is InChI=1S/C32H32F3N3O/c1-2-9-24-25-12-6-7-13-28(25)37-29(24)14-8-17-31(39,32(33,34)35)27-21-38(20-22-10-4-3-5-11-22)30-18-23(19-36)15-16-26(27)30/h3-6,10-12,15-16,18,21,37,39H,2,7-9,13-14,17,20H2,1H3. The number of fused-ring (bicyclic) bond motifs is 2. The predicted molar refractivity (Wildman–Crippen MR) is 147 cm³/mol. The number of halogens is 3. The normalized spacial score (nSPS) is 14.8. The van der Waals surface area contributed by atoms with Crippen LogP contribution in [0.4, 0.5) is 13.2 Å². The van der Waals surface area contributed by atoms with Crippen LogP contribution in [0.5, 0.6) is 0 Å². The lowest BCUT2D eigenvalue weighted by atomic mass is 9.86. The highest BCUT2D eigenvalue weighted by Crippen LogP contribution is 2.46. The molecule has 39 heavy (non-hydrogen) atoms. The molecule has 2 heterocycles. The molecule has 1 aliphatic carbocycles. The first kappa shape index (κ1) is 26.8. The maximum absolute atomic E-state index is 14.7. The summed E-state index contributed by atoms with van der Waals surface area (Å²) >= 11 is 0. The zero-order valence-electron chi connectivity index (χ0n) is 22.0. The highest BCUT2D eigenvalue weighted by molar-refractivity contribution is 5.86. The van der Waals surface area contributed by atoms with Crippen LogP contribution < -0.4 is 0 Å². The van der Waals surface area contributed by atoms with Crippen LogP contribution in [0.2, 0.25) is 0 Å². The number of aromatic nitrogens is 2. The van der Waals surface area contributed by atoms with Crippen LogP contribution in [0.3, 0.4) is 0 Å². The number of allylic oxidation sites excluding steroid dienone is 1. The average molecular weight is 532 g/mol. The number of nitrogens with zero attached hydrogens (tertiary/aromatic N) is 2. The van der Waals surface area contributed by atoms with Crippen molar-refractivity contribution in [3.05, 3.63) is 100 Å². The van der Waals surface area contributed by atoms with Gasteiger partial charge in [0.2, 0.25) is 0 Å². The van der Waals surface area contributed by atoms with Crippen molar-refractivity contribution in [2.45, 2.75) is 70.2 Å². The van der Waals surface area contributed by atoms with E-state index in [1.54, 1.807) is 10.6 Å². The lowest BCUT2D eigenvalue weighted by Gasteiger charge is -2.30. The molecule has 0 radical (unpaired) electrons. The number of hydrogen-bond acceptors (Lipinski definition) is 2. The van der Waals surface area contributed by atoms with Gasteiger partial charge in [-0.05, 0) is 67.3 Å². The summed E-state index contributed by atoms with van der Waals surface area (Å²) in [5, 5.41) is 21.1. The van der Waals surface area contributed by atoms with E-state index in [-0.39, 0.29) is 12.0 Å². The van der Waals surface area contributed by atoms with Gasteiger partial charge < -0.3 is 14.7 Å². The zero-order valence-corrected chi connectivity index (χ0v) is 22.0. The molecule has 7 heteroatoms. The number of H-pyrrole nitrogens is 1. The minimum absolute atomic E-state index is 0.164. The Balaban J connectivity index is 1.50. The SMILES string of the molecule is CCCc1c(CCCC(O)(c2cn(Cc3ccccc3)c3cc(C#N)ccc23)C(F)(F)F)[nH]c2c1C=CCC2. The van der Waals surface area contributed by atoms with Crippen LogP contribution in [0.25, 0.3) is 17.0 Å². The van der Waals surface area contributed by atoms with E-state index < -0.39 is 18.2 Å². The van der Waals surface area contributed by atoms with Gasteiger partial charge in [0, 0.05) is 35.1 Å². The quantitative estimate of drug-likeness (QED) is 0.234. The number of nitrogens with one attached hydrogen (secondary N) is 1.